The fourth-order valence-electron chi connectivity index (χ4n) is 0.0833. The van der Waals surface area contributed by atoms with Gasteiger partial charge in [0, 0.05) is 17.9 Å². The van der Waals surface area contributed by atoms with Crippen LogP contribution in [0.15, 0.2) is 12.7 Å². The normalized spacial score (nSPS) is 7.31. The van der Waals surface area contributed by atoms with E-state index >= 15 is 0 Å². The monoisotopic (exact) mass is 224 g/mol. The van der Waals surface area contributed by atoms with Crippen LogP contribution in [-0.4, -0.2) is 13.1 Å². The second kappa shape index (κ2) is 15.7. The van der Waals surface area contributed by atoms with Gasteiger partial charge in [0.15, 0.2) is 0 Å². The summed E-state index contributed by atoms with van der Waals surface area (Å²) in [4.78, 5) is 9.84. The molecule has 0 atom stereocenters. The van der Waals surface area contributed by atoms with E-state index < -0.39 is 5.97 Å². The summed E-state index contributed by atoms with van der Waals surface area (Å²) in [5.74, 6) is -0.0139. The molecular formula is C12H20N2O2. The second-order valence-electron chi connectivity index (χ2n) is 3.29. The fraction of sp³-hybridized carbons (Fsp3) is 0.583. The van der Waals surface area contributed by atoms with Gasteiger partial charge in [-0.25, -0.2) is 4.79 Å². The van der Waals surface area contributed by atoms with Crippen LogP contribution in [0.1, 0.15) is 27.7 Å². The fourth-order valence-corrected chi connectivity index (χ4v) is 0.0833. The van der Waals surface area contributed by atoms with Crippen molar-refractivity contribution in [2.75, 3.05) is 7.11 Å². The van der Waals surface area contributed by atoms with Gasteiger partial charge in [0.05, 0.1) is 19.2 Å². The van der Waals surface area contributed by atoms with Crippen molar-refractivity contribution in [1.29, 1.82) is 10.5 Å². The molecule has 0 aromatic heterocycles. The van der Waals surface area contributed by atoms with Gasteiger partial charge < -0.3 is 4.74 Å². The third-order valence-corrected chi connectivity index (χ3v) is 0.884. The van der Waals surface area contributed by atoms with Gasteiger partial charge >= 0.3 is 5.97 Å². The Balaban J connectivity index is -0.000000160. The smallest absolute Gasteiger partial charge is 0.329 e. The van der Waals surface area contributed by atoms with Crippen LogP contribution in [0.3, 0.4) is 0 Å². The average Bonchev–Trinajstić information content (AvgIpc) is 2.29. The van der Waals surface area contributed by atoms with Gasteiger partial charge in [-0.2, -0.15) is 10.5 Å². The maximum Gasteiger partial charge on any atom is 0.329 e. The first-order valence-electron chi connectivity index (χ1n) is 4.85. The average molecular weight is 224 g/mol. The number of carbonyl (C=O) groups excluding carboxylic acids is 1. The molecule has 0 heterocycles. The highest BCUT2D eigenvalue weighted by Crippen LogP contribution is 1.82. The summed E-state index contributed by atoms with van der Waals surface area (Å²) in [5, 5.41) is 15.8. The molecule has 0 bridgehead atoms. The minimum Gasteiger partial charge on any atom is -0.466 e. The Bertz CT molecular complexity index is 239. The summed E-state index contributed by atoms with van der Waals surface area (Å²) in [7, 11) is 1.31. The van der Waals surface area contributed by atoms with E-state index in [4.69, 9.17) is 10.5 Å². The number of hydrogen-bond donors (Lipinski definition) is 0. The molecule has 0 amide bonds. The number of nitrogens with zero attached hydrogens (tertiary/aromatic N) is 2. The van der Waals surface area contributed by atoms with Crippen LogP contribution in [0.25, 0.3) is 0 Å². The van der Waals surface area contributed by atoms with E-state index in [0.29, 0.717) is 0 Å². The molecule has 0 saturated carbocycles. The van der Waals surface area contributed by atoms with Gasteiger partial charge in [-0.3, -0.25) is 0 Å². The van der Waals surface area contributed by atoms with E-state index in [1.807, 2.05) is 39.8 Å². The maximum absolute atomic E-state index is 9.84. The quantitative estimate of drug-likeness (QED) is 0.507. The molecule has 0 saturated heterocycles. The zero-order valence-electron chi connectivity index (χ0n) is 10.7. The van der Waals surface area contributed by atoms with Crippen LogP contribution < -0.4 is 0 Å². The predicted molar refractivity (Wildman–Crippen MR) is 63.1 cm³/mol. The van der Waals surface area contributed by atoms with E-state index in [-0.39, 0.29) is 11.8 Å². The van der Waals surface area contributed by atoms with E-state index in [1.54, 1.807) is 0 Å². The zero-order valence-corrected chi connectivity index (χ0v) is 10.7. The van der Waals surface area contributed by atoms with Crippen molar-refractivity contribution in [1.82, 2.24) is 0 Å². The van der Waals surface area contributed by atoms with Crippen molar-refractivity contribution in [3.63, 3.8) is 0 Å². The van der Waals surface area contributed by atoms with Gasteiger partial charge in [0.25, 0.3) is 0 Å². The second-order valence-corrected chi connectivity index (χ2v) is 3.29. The van der Waals surface area contributed by atoms with Gasteiger partial charge in [0.1, 0.15) is 0 Å². The maximum atomic E-state index is 9.84. The summed E-state index contributed by atoms with van der Waals surface area (Å²) in [6.07, 6.45) is 1.11. The topological polar surface area (TPSA) is 73.9 Å². The highest BCUT2D eigenvalue weighted by Gasteiger charge is 1.82. The van der Waals surface area contributed by atoms with E-state index in [0.717, 1.165) is 6.08 Å². The van der Waals surface area contributed by atoms with Gasteiger partial charge in [0.2, 0.25) is 0 Å². The molecule has 0 rings (SSSR count). The number of carbonyl (C=O) groups is 1. The third-order valence-electron chi connectivity index (χ3n) is 0.884. The number of ether oxygens (including phenoxy) is 1. The Morgan fingerprint density at radius 1 is 1.19 bits per heavy atom. The first-order chi connectivity index (χ1) is 7.35. The lowest BCUT2D eigenvalue weighted by Crippen LogP contribution is -1.91. The van der Waals surface area contributed by atoms with Crippen molar-refractivity contribution in [2.24, 2.45) is 11.8 Å². The first kappa shape index (κ1) is 19.7. The van der Waals surface area contributed by atoms with Crippen molar-refractivity contribution >= 4 is 5.97 Å². The van der Waals surface area contributed by atoms with Gasteiger partial charge in [-0.05, 0) is 27.7 Å². The Morgan fingerprint density at radius 2 is 1.44 bits per heavy atom. The molecule has 0 aliphatic rings. The molecule has 16 heavy (non-hydrogen) atoms. The Hall–Kier alpha value is -1.81. The summed E-state index contributed by atoms with van der Waals surface area (Å²) < 4.78 is 4.14. The van der Waals surface area contributed by atoms with Gasteiger partial charge in [-0.15, -0.1) is 0 Å². The predicted octanol–water partition coefficient (Wildman–Crippen LogP) is 2.68. The van der Waals surface area contributed by atoms with Crippen LogP contribution in [-0.2, 0) is 9.53 Å². The molecule has 0 fully saturated rings. The molecule has 0 aliphatic heterocycles. The molecule has 0 aromatic carbocycles. The SMILES string of the molecule is C=CC(=O)OC.CC(C)C#N.CC(C)C#N. The van der Waals surface area contributed by atoms with Crippen LogP contribution >= 0.6 is 0 Å². The summed E-state index contributed by atoms with van der Waals surface area (Å²) in [5.41, 5.74) is 0. The van der Waals surface area contributed by atoms with E-state index in [9.17, 15) is 4.79 Å². The Morgan fingerprint density at radius 3 is 1.44 bits per heavy atom. The summed E-state index contributed by atoms with van der Waals surface area (Å²) >= 11 is 0. The van der Waals surface area contributed by atoms with Crippen molar-refractivity contribution in [3.05, 3.63) is 12.7 Å². The van der Waals surface area contributed by atoms with Crippen LogP contribution in [0.4, 0.5) is 0 Å². The molecule has 0 N–H and O–H groups in total. The zero-order chi connectivity index (χ0) is 13.6. The largest absolute Gasteiger partial charge is 0.466 e. The highest BCUT2D eigenvalue weighted by molar-refractivity contribution is 5.80. The van der Waals surface area contributed by atoms with Crippen molar-refractivity contribution < 1.29 is 9.53 Å². The number of rotatable bonds is 1. The third kappa shape index (κ3) is 39.8. The number of nitriles is 2. The minimum atomic E-state index is -0.394. The Labute approximate surface area is 98.1 Å². The molecule has 4 nitrogen and oxygen atoms in total. The molecule has 4 heteroatoms. The molecule has 0 spiro atoms. The van der Waals surface area contributed by atoms with Crippen LogP contribution in [0.2, 0.25) is 0 Å². The number of hydrogen-bond acceptors (Lipinski definition) is 4. The molecule has 0 aliphatic carbocycles. The summed E-state index contributed by atoms with van der Waals surface area (Å²) in [6, 6.07) is 4.06. The van der Waals surface area contributed by atoms with Crippen molar-refractivity contribution in [2.45, 2.75) is 27.7 Å². The van der Waals surface area contributed by atoms with E-state index in [1.165, 1.54) is 7.11 Å². The van der Waals surface area contributed by atoms with Crippen molar-refractivity contribution in [3.8, 4) is 12.1 Å². The van der Waals surface area contributed by atoms with Crippen LogP contribution in [0, 0.1) is 34.5 Å². The number of methoxy groups -OCH3 is 1. The first-order valence-corrected chi connectivity index (χ1v) is 4.85. The lowest BCUT2D eigenvalue weighted by molar-refractivity contribution is -0.134. The lowest BCUT2D eigenvalue weighted by Gasteiger charge is -1.83. The molecule has 90 valence electrons. The lowest BCUT2D eigenvalue weighted by atomic mass is 10.3. The molecule has 0 aromatic rings. The summed E-state index contributed by atoms with van der Waals surface area (Å²) in [6.45, 7) is 10.6. The molecule has 0 radical (unpaired) electrons. The Kier molecular flexibility index (Phi) is 19.3. The van der Waals surface area contributed by atoms with Gasteiger partial charge in [-0.1, -0.05) is 6.58 Å². The van der Waals surface area contributed by atoms with Crippen LogP contribution in [0.5, 0.6) is 0 Å². The number of esters is 1. The van der Waals surface area contributed by atoms with E-state index in [2.05, 4.69) is 11.3 Å². The highest BCUT2D eigenvalue weighted by atomic mass is 16.5. The standard InChI is InChI=1S/2C4H7N.C4H6O2/c2*1-4(2)3-5;1-3-4(5)6-2/h2*4H,1-2H3;3H,1H2,2H3. The molecule has 0 unspecified atom stereocenters. The molecular weight excluding hydrogens is 204 g/mol. The minimum absolute atomic E-state index is 0.190.